The molecule has 1 aromatic carbocycles. The Balaban J connectivity index is 2.25. The standard InChI is InChI=1S/C13H10N2O4/c16-8-3-4-11-10(6-8)12(17)15(13(18)14-11)7-9-2-1-5-19-9/h1-6,16H,7H2,(H,14,18). The minimum absolute atomic E-state index is 0.0267. The first kappa shape index (κ1) is 11.3. The Morgan fingerprint density at radius 1 is 1.26 bits per heavy atom. The summed E-state index contributed by atoms with van der Waals surface area (Å²) in [6.45, 7) is 0.0484. The average Bonchev–Trinajstić information content (AvgIpc) is 2.89. The third kappa shape index (κ3) is 1.93. The number of aromatic nitrogens is 2. The Morgan fingerprint density at radius 2 is 2.11 bits per heavy atom. The predicted octanol–water partition coefficient (Wildman–Crippen LogP) is 1.04. The van der Waals surface area contributed by atoms with E-state index in [1.807, 2.05) is 0 Å². The lowest BCUT2D eigenvalue weighted by Crippen LogP contribution is -2.35. The number of fused-ring (bicyclic) bond motifs is 1. The number of phenols is 1. The summed E-state index contributed by atoms with van der Waals surface area (Å²) >= 11 is 0. The van der Waals surface area contributed by atoms with Crippen molar-refractivity contribution < 1.29 is 9.52 Å². The van der Waals surface area contributed by atoms with E-state index in [4.69, 9.17) is 4.42 Å². The molecule has 3 rings (SSSR count). The summed E-state index contributed by atoms with van der Waals surface area (Å²) in [7, 11) is 0. The van der Waals surface area contributed by atoms with Gasteiger partial charge in [-0.3, -0.25) is 9.36 Å². The summed E-state index contributed by atoms with van der Waals surface area (Å²) in [5, 5.41) is 9.67. The van der Waals surface area contributed by atoms with Crippen LogP contribution in [0.2, 0.25) is 0 Å². The number of nitrogens with zero attached hydrogens (tertiary/aromatic N) is 1. The first-order chi connectivity index (χ1) is 9.15. The van der Waals surface area contributed by atoms with E-state index in [-0.39, 0.29) is 17.7 Å². The van der Waals surface area contributed by atoms with Crippen molar-refractivity contribution in [2.24, 2.45) is 0 Å². The van der Waals surface area contributed by atoms with Gasteiger partial charge in [-0.05, 0) is 30.3 Å². The molecule has 0 aliphatic carbocycles. The molecule has 0 saturated carbocycles. The van der Waals surface area contributed by atoms with Gasteiger partial charge in [-0.1, -0.05) is 0 Å². The number of benzene rings is 1. The first-order valence-corrected chi connectivity index (χ1v) is 5.63. The molecule has 0 radical (unpaired) electrons. The van der Waals surface area contributed by atoms with Crippen LogP contribution in [0.25, 0.3) is 10.9 Å². The molecule has 0 aliphatic rings. The second-order valence-electron chi connectivity index (χ2n) is 4.13. The molecule has 0 amide bonds. The monoisotopic (exact) mass is 258 g/mol. The Labute approximate surface area is 106 Å². The van der Waals surface area contributed by atoms with Crippen LogP contribution < -0.4 is 11.2 Å². The van der Waals surface area contributed by atoms with E-state index in [1.54, 1.807) is 12.1 Å². The maximum Gasteiger partial charge on any atom is 0.329 e. The van der Waals surface area contributed by atoms with Crippen molar-refractivity contribution in [3.8, 4) is 5.75 Å². The van der Waals surface area contributed by atoms with Gasteiger partial charge in [-0.25, -0.2) is 4.79 Å². The second-order valence-corrected chi connectivity index (χ2v) is 4.13. The fourth-order valence-corrected chi connectivity index (χ4v) is 1.94. The fourth-order valence-electron chi connectivity index (χ4n) is 1.94. The number of aromatic amines is 1. The van der Waals surface area contributed by atoms with Gasteiger partial charge in [0.05, 0.1) is 23.7 Å². The molecule has 0 atom stereocenters. The van der Waals surface area contributed by atoms with Crippen molar-refractivity contribution in [3.05, 3.63) is 63.2 Å². The normalized spacial score (nSPS) is 10.9. The van der Waals surface area contributed by atoms with Gasteiger partial charge in [0.25, 0.3) is 5.56 Å². The highest BCUT2D eigenvalue weighted by molar-refractivity contribution is 5.78. The third-order valence-electron chi connectivity index (χ3n) is 2.86. The molecule has 2 aromatic heterocycles. The van der Waals surface area contributed by atoms with Gasteiger partial charge < -0.3 is 14.5 Å². The minimum Gasteiger partial charge on any atom is -0.508 e. The number of hydrogen-bond acceptors (Lipinski definition) is 4. The number of furan rings is 1. The van der Waals surface area contributed by atoms with Gasteiger partial charge in [0.1, 0.15) is 11.5 Å². The lowest BCUT2D eigenvalue weighted by Gasteiger charge is -2.04. The quantitative estimate of drug-likeness (QED) is 0.718. The zero-order valence-electron chi connectivity index (χ0n) is 9.79. The van der Waals surface area contributed by atoms with Crippen LogP contribution in [-0.4, -0.2) is 14.7 Å². The molecule has 0 fully saturated rings. The average molecular weight is 258 g/mol. The summed E-state index contributed by atoms with van der Waals surface area (Å²) < 4.78 is 6.15. The summed E-state index contributed by atoms with van der Waals surface area (Å²) in [6, 6.07) is 7.59. The molecule has 6 heteroatoms. The highest BCUT2D eigenvalue weighted by Gasteiger charge is 2.09. The number of phenolic OH excluding ortho intramolecular Hbond substituents is 1. The SMILES string of the molecule is O=c1[nH]c2ccc(O)cc2c(=O)n1Cc1ccco1. The molecule has 6 nitrogen and oxygen atoms in total. The molecule has 0 unspecified atom stereocenters. The molecule has 3 aromatic rings. The minimum atomic E-state index is -0.514. The maximum atomic E-state index is 12.2. The van der Waals surface area contributed by atoms with Crippen LogP contribution in [0, 0.1) is 0 Å². The third-order valence-corrected chi connectivity index (χ3v) is 2.86. The first-order valence-electron chi connectivity index (χ1n) is 5.63. The maximum absolute atomic E-state index is 12.2. The summed E-state index contributed by atoms with van der Waals surface area (Å²) in [5.74, 6) is 0.480. The van der Waals surface area contributed by atoms with Crippen molar-refractivity contribution in [1.29, 1.82) is 0 Å². The van der Waals surface area contributed by atoms with Gasteiger partial charge in [-0.2, -0.15) is 0 Å². The van der Waals surface area contributed by atoms with E-state index < -0.39 is 11.2 Å². The zero-order valence-corrected chi connectivity index (χ0v) is 9.79. The molecule has 0 saturated heterocycles. The van der Waals surface area contributed by atoms with Gasteiger partial charge in [0.15, 0.2) is 0 Å². The van der Waals surface area contributed by atoms with Crippen LogP contribution in [0.15, 0.2) is 50.6 Å². The highest BCUT2D eigenvalue weighted by Crippen LogP contribution is 2.13. The molecular weight excluding hydrogens is 248 g/mol. The molecule has 0 bridgehead atoms. The molecule has 0 spiro atoms. The number of rotatable bonds is 2. The van der Waals surface area contributed by atoms with Crippen molar-refractivity contribution in [3.63, 3.8) is 0 Å². The van der Waals surface area contributed by atoms with Crippen LogP contribution in [0.4, 0.5) is 0 Å². The van der Waals surface area contributed by atoms with Crippen molar-refractivity contribution >= 4 is 10.9 Å². The number of aromatic hydroxyl groups is 1. The predicted molar refractivity (Wildman–Crippen MR) is 68.3 cm³/mol. The van der Waals surface area contributed by atoms with E-state index in [1.165, 1.54) is 24.5 Å². The Kier molecular flexibility index (Phi) is 2.49. The Morgan fingerprint density at radius 3 is 2.84 bits per heavy atom. The number of nitrogens with one attached hydrogen (secondary N) is 1. The van der Waals surface area contributed by atoms with Crippen LogP contribution in [0.1, 0.15) is 5.76 Å². The number of H-pyrrole nitrogens is 1. The lowest BCUT2D eigenvalue weighted by molar-refractivity contribution is 0.475. The largest absolute Gasteiger partial charge is 0.508 e. The molecule has 2 N–H and O–H groups in total. The van der Waals surface area contributed by atoms with Crippen molar-refractivity contribution in [2.45, 2.75) is 6.54 Å². The van der Waals surface area contributed by atoms with Crippen molar-refractivity contribution in [1.82, 2.24) is 9.55 Å². The van der Waals surface area contributed by atoms with Gasteiger partial charge in [0.2, 0.25) is 0 Å². The topological polar surface area (TPSA) is 88.2 Å². The summed E-state index contributed by atoms with van der Waals surface area (Å²) in [4.78, 5) is 26.7. The molecule has 19 heavy (non-hydrogen) atoms. The van der Waals surface area contributed by atoms with Gasteiger partial charge in [0, 0.05) is 0 Å². The molecule has 96 valence electrons. The highest BCUT2D eigenvalue weighted by atomic mass is 16.3. The van der Waals surface area contributed by atoms with E-state index in [0.29, 0.717) is 11.3 Å². The van der Waals surface area contributed by atoms with E-state index >= 15 is 0 Å². The van der Waals surface area contributed by atoms with Crippen molar-refractivity contribution in [2.75, 3.05) is 0 Å². The summed E-state index contributed by atoms with van der Waals surface area (Å²) in [6.07, 6.45) is 1.47. The molecule has 0 aliphatic heterocycles. The smallest absolute Gasteiger partial charge is 0.329 e. The Bertz CT molecular complexity index is 843. The number of hydrogen-bond donors (Lipinski definition) is 2. The lowest BCUT2D eigenvalue weighted by atomic mass is 10.2. The summed E-state index contributed by atoms with van der Waals surface area (Å²) in [5.41, 5.74) is -0.589. The van der Waals surface area contributed by atoms with Gasteiger partial charge in [-0.15, -0.1) is 0 Å². The van der Waals surface area contributed by atoms with E-state index in [2.05, 4.69) is 4.98 Å². The van der Waals surface area contributed by atoms with E-state index in [0.717, 1.165) is 4.57 Å². The molecule has 2 heterocycles. The van der Waals surface area contributed by atoms with Crippen LogP contribution in [0.5, 0.6) is 5.75 Å². The second kappa shape index (κ2) is 4.16. The Hall–Kier alpha value is -2.76. The van der Waals surface area contributed by atoms with Crippen LogP contribution in [0.3, 0.4) is 0 Å². The van der Waals surface area contributed by atoms with E-state index in [9.17, 15) is 14.7 Å². The zero-order chi connectivity index (χ0) is 13.4. The van der Waals surface area contributed by atoms with Gasteiger partial charge >= 0.3 is 5.69 Å². The molecular formula is C13H10N2O4. The fraction of sp³-hybridized carbons (Fsp3) is 0.0769. The van der Waals surface area contributed by atoms with Crippen LogP contribution in [-0.2, 0) is 6.54 Å². The van der Waals surface area contributed by atoms with Crippen LogP contribution >= 0.6 is 0 Å².